The number of rotatable bonds is 4. The quantitative estimate of drug-likeness (QED) is 0.734. The molecule has 1 rings (SSSR count). The van der Waals surface area contributed by atoms with Crippen LogP contribution in [0.4, 0.5) is 0 Å². The molecule has 0 fully saturated rings. The molecule has 0 bridgehead atoms. The van der Waals surface area contributed by atoms with E-state index in [4.69, 9.17) is 5.11 Å². The van der Waals surface area contributed by atoms with E-state index < -0.39 is 0 Å². The first-order valence-corrected chi connectivity index (χ1v) is 4.42. The molecule has 68 valence electrons. The fraction of sp³-hybridized carbons (Fsp3) is 0.667. The van der Waals surface area contributed by atoms with Gasteiger partial charge in [-0.3, -0.25) is 4.68 Å². The molecule has 0 aliphatic rings. The standard InChI is InChI=1S/C9H16N2O/c1-3-11-7-6-9(10-11)5-4-8(2)12/h6-8,12H,3-5H2,1-2H3. The van der Waals surface area contributed by atoms with Crippen LogP contribution in [-0.2, 0) is 13.0 Å². The van der Waals surface area contributed by atoms with Gasteiger partial charge in [-0.15, -0.1) is 0 Å². The van der Waals surface area contributed by atoms with E-state index in [0.717, 1.165) is 25.1 Å². The first kappa shape index (κ1) is 9.26. The number of aliphatic hydroxyl groups excluding tert-OH is 1. The molecule has 1 unspecified atom stereocenters. The van der Waals surface area contributed by atoms with Gasteiger partial charge in [0.25, 0.3) is 0 Å². The van der Waals surface area contributed by atoms with Gasteiger partial charge in [0.1, 0.15) is 0 Å². The molecule has 0 aromatic carbocycles. The molecule has 0 radical (unpaired) electrons. The molecule has 0 saturated carbocycles. The average molecular weight is 168 g/mol. The summed E-state index contributed by atoms with van der Waals surface area (Å²) in [5, 5.41) is 13.3. The average Bonchev–Trinajstić information content (AvgIpc) is 2.48. The number of aromatic nitrogens is 2. The van der Waals surface area contributed by atoms with E-state index in [-0.39, 0.29) is 6.10 Å². The molecular weight excluding hydrogens is 152 g/mol. The van der Waals surface area contributed by atoms with Gasteiger partial charge >= 0.3 is 0 Å². The SMILES string of the molecule is CCn1ccc(CCC(C)O)n1. The fourth-order valence-electron chi connectivity index (χ4n) is 1.07. The van der Waals surface area contributed by atoms with Gasteiger partial charge in [0.15, 0.2) is 0 Å². The minimum Gasteiger partial charge on any atom is -0.393 e. The Kier molecular flexibility index (Phi) is 3.29. The molecule has 1 aromatic rings. The van der Waals surface area contributed by atoms with Gasteiger partial charge < -0.3 is 5.11 Å². The molecule has 3 nitrogen and oxygen atoms in total. The lowest BCUT2D eigenvalue weighted by atomic mass is 10.2. The minimum atomic E-state index is -0.225. The van der Waals surface area contributed by atoms with Gasteiger partial charge in [0, 0.05) is 12.7 Å². The molecule has 0 aliphatic carbocycles. The molecule has 0 aliphatic heterocycles. The monoisotopic (exact) mass is 168 g/mol. The Labute approximate surface area is 73.0 Å². The van der Waals surface area contributed by atoms with Gasteiger partial charge in [0.2, 0.25) is 0 Å². The summed E-state index contributed by atoms with van der Waals surface area (Å²) in [4.78, 5) is 0. The predicted molar refractivity (Wildman–Crippen MR) is 47.9 cm³/mol. The van der Waals surface area contributed by atoms with E-state index in [2.05, 4.69) is 12.0 Å². The van der Waals surface area contributed by atoms with Crippen molar-refractivity contribution in [1.29, 1.82) is 0 Å². The van der Waals surface area contributed by atoms with Crippen LogP contribution in [0.3, 0.4) is 0 Å². The van der Waals surface area contributed by atoms with E-state index in [1.165, 1.54) is 0 Å². The van der Waals surface area contributed by atoms with E-state index in [9.17, 15) is 0 Å². The first-order chi connectivity index (χ1) is 5.72. The van der Waals surface area contributed by atoms with Gasteiger partial charge in [-0.25, -0.2) is 0 Å². The molecule has 1 atom stereocenters. The predicted octanol–water partition coefficient (Wildman–Crippen LogP) is 1.22. The molecule has 1 aromatic heterocycles. The van der Waals surface area contributed by atoms with Crippen molar-refractivity contribution in [2.24, 2.45) is 0 Å². The van der Waals surface area contributed by atoms with Crippen molar-refractivity contribution in [3.8, 4) is 0 Å². The first-order valence-electron chi connectivity index (χ1n) is 4.42. The van der Waals surface area contributed by atoms with Crippen LogP contribution >= 0.6 is 0 Å². The third-order valence-corrected chi connectivity index (χ3v) is 1.84. The number of hydrogen-bond donors (Lipinski definition) is 1. The fourth-order valence-corrected chi connectivity index (χ4v) is 1.07. The lowest BCUT2D eigenvalue weighted by molar-refractivity contribution is 0.184. The second-order valence-corrected chi connectivity index (χ2v) is 3.05. The Hall–Kier alpha value is -0.830. The summed E-state index contributed by atoms with van der Waals surface area (Å²) in [6, 6.07) is 2.01. The van der Waals surface area contributed by atoms with Crippen LogP contribution in [0.2, 0.25) is 0 Å². The van der Waals surface area contributed by atoms with Gasteiger partial charge in [-0.1, -0.05) is 0 Å². The molecular formula is C9H16N2O. The van der Waals surface area contributed by atoms with Crippen LogP contribution in [0.15, 0.2) is 12.3 Å². The van der Waals surface area contributed by atoms with Crippen LogP contribution in [0.5, 0.6) is 0 Å². The van der Waals surface area contributed by atoms with E-state index in [1.807, 2.05) is 16.9 Å². The third kappa shape index (κ3) is 2.66. The summed E-state index contributed by atoms with van der Waals surface area (Å²) in [6.45, 7) is 4.77. The van der Waals surface area contributed by atoms with Crippen LogP contribution < -0.4 is 0 Å². The largest absolute Gasteiger partial charge is 0.393 e. The van der Waals surface area contributed by atoms with Crippen LogP contribution in [-0.4, -0.2) is 21.0 Å². The van der Waals surface area contributed by atoms with Gasteiger partial charge in [-0.2, -0.15) is 5.10 Å². The van der Waals surface area contributed by atoms with Crippen LogP contribution in [0.1, 0.15) is 26.0 Å². The number of aryl methyl sites for hydroxylation is 2. The van der Waals surface area contributed by atoms with E-state index in [0.29, 0.717) is 0 Å². The molecule has 1 heterocycles. The maximum atomic E-state index is 9.04. The van der Waals surface area contributed by atoms with Crippen molar-refractivity contribution >= 4 is 0 Å². The zero-order valence-electron chi connectivity index (χ0n) is 7.70. The molecule has 3 heteroatoms. The highest BCUT2D eigenvalue weighted by molar-refractivity contribution is 4.98. The third-order valence-electron chi connectivity index (χ3n) is 1.84. The molecule has 0 spiro atoms. The van der Waals surface area contributed by atoms with Crippen molar-refractivity contribution < 1.29 is 5.11 Å². The smallest absolute Gasteiger partial charge is 0.0625 e. The summed E-state index contributed by atoms with van der Waals surface area (Å²) in [6.07, 6.45) is 3.40. The molecule has 0 amide bonds. The summed E-state index contributed by atoms with van der Waals surface area (Å²) >= 11 is 0. The molecule has 0 saturated heterocycles. The van der Waals surface area contributed by atoms with E-state index >= 15 is 0 Å². The maximum absolute atomic E-state index is 9.04. The van der Waals surface area contributed by atoms with Crippen molar-refractivity contribution in [2.45, 2.75) is 39.3 Å². The Bertz CT molecular complexity index is 230. The van der Waals surface area contributed by atoms with Crippen molar-refractivity contribution in [1.82, 2.24) is 9.78 Å². The zero-order valence-corrected chi connectivity index (χ0v) is 7.70. The highest BCUT2D eigenvalue weighted by Crippen LogP contribution is 2.02. The van der Waals surface area contributed by atoms with Crippen molar-refractivity contribution in [2.75, 3.05) is 0 Å². The normalized spacial score (nSPS) is 13.2. The second kappa shape index (κ2) is 4.26. The number of nitrogens with zero attached hydrogens (tertiary/aromatic N) is 2. The highest BCUT2D eigenvalue weighted by atomic mass is 16.3. The number of aliphatic hydroxyl groups is 1. The summed E-state index contributed by atoms with van der Waals surface area (Å²) in [7, 11) is 0. The zero-order chi connectivity index (χ0) is 8.97. The van der Waals surface area contributed by atoms with Crippen LogP contribution in [0.25, 0.3) is 0 Å². The summed E-state index contributed by atoms with van der Waals surface area (Å²) in [5.74, 6) is 0. The van der Waals surface area contributed by atoms with E-state index in [1.54, 1.807) is 6.92 Å². The molecule has 1 N–H and O–H groups in total. The lowest BCUT2D eigenvalue weighted by Crippen LogP contribution is -2.02. The minimum absolute atomic E-state index is 0.225. The Morgan fingerprint density at radius 2 is 2.42 bits per heavy atom. The van der Waals surface area contributed by atoms with Crippen molar-refractivity contribution in [3.05, 3.63) is 18.0 Å². The van der Waals surface area contributed by atoms with Crippen LogP contribution in [0, 0.1) is 0 Å². The van der Waals surface area contributed by atoms with Gasteiger partial charge in [-0.05, 0) is 32.8 Å². The Morgan fingerprint density at radius 1 is 1.67 bits per heavy atom. The summed E-state index contributed by atoms with van der Waals surface area (Å²) in [5.41, 5.74) is 1.07. The second-order valence-electron chi connectivity index (χ2n) is 3.05. The van der Waals surface area contributed by atoms with Gasteiger partial charge in [0.05, 0.1) is 11.8 Å². The van der Waals surface area contributed by atoms with Crippen molar-refractivity contribution in [3.63, 3.8) is 0 Å². The highest BCUT2D eigenvalue weighted by Gasteiger charge is 2.00. The topological polar surface area (TPSA) is 38.0 Å². The lowest BCUT2D eigenvalue weighted by Gasteiger charge is -2.00. The molecule has 12 heavy (non-hydrogen) atoms. The Balaban J connectivity index is 2.41. The maximum Gasteiger partial charge on any atom is 0.0625 e. The number of hydrogen-bond acceptors (Lipinski definition) is 2. The summed E-state index contributed by atoms with van der Waals surface area (Å²) < 4.78 is 1.90. The Morgan fingerprint density at radius 3 is 2.92 bits per heavy atom.